The molecular weight excluding hydrogens is 397 g/mol. The zero-order valence-electron chi connectivity index (χ0n) is 17.5. The van der Waals surface area contributed by atoms with Crippen molar-refractivity contribution >= 4 is 5.91 Å². The summed E-state index contributed by atoms with van der Waals surface area (Å²) in [5.41, 5.74) is -1.78. The number of carbonyl (C=O) groups excluding carboxylic acids is 1. The molecule has 3 fully saturated rings. The van der Waals surface area contributed by atoms with Crippen LogP contribution < -0.4 is 4.74 Å². The summed E-state index contributed by atoms with van der Waals surface area (Å²) in [6.45, 7) is 5.30. The van der Waals surface area contributed by atoms with Crippen LogP contribution in [-0.2, 0) is 11.0 Å². The lowest BCUT2D eigenvalue weighted by Crippen LogP contribution is -2.64. The smallest absolute Gasteiger partial charge is 0.417 e. The molecule has 0 aromatic carbocycles. The number of nitrogens with zero attached hydrogens (tertiary/aromatic N) is 2. The zero-order valence-corrected chi connectivity index (χ0v) is 17.5. The highest BCUT2D eigenvalue weighted by molar-refractivity contribution is 5.81. The monoisotopic (exact) mass is 426 g/mol. The fraction of sp³-hybridized carbons (Fsp3) is 0.727. The van der Waals surface area contributed by atoms with Gasteiger partial charge in [0.05, 0.1) is 11.2 Å². The van der Waals surface area contributed by atoms with Crippen LogP contribution in [-0.4, -0.2) is 45.2 Å². The van der Waals surface area contributed by atoms with E-state index < -0.39 is 22.9 Å². The standard InChI is InChI=1S/C22H29F3N2O3/c1-3-21(30-17-5-4-16(12-26-17)22(23,24)25)8-6-20(7-9-21)13-27(14-20)18(28)15-10-19(2,29)11-15/h4-5,12,15,29H,3,6-11,13-14H2,1-2H3/t15-,19+. The maximum Gasteiger partial charge on any atom is 0.417 e. The van der Waals surface area contributed by atoms with Crippen LogP contribution in [0, 0.1) is 11.3 Å². The molecule has 2 saturated carbocycles. The molecule has 1 saturated heterocycles. The number of aliphatic hydroxyl groups is 1. The Labute approximate surface area is 174 Å². The molecule has 0 bridgehead atoms. The molecule has 4 rings (SSSR count). The first kappa shape index (κ1) is 21.4. The zero-order chi connectivity index (χ0) is 21.8. The highest BCUT2D eigenvalue weighted by atomic mass is 19.4. The number of amides is 1. The van der Waals surface area contributed by atoms with Crippen molar-refractivity contribution in [1.29, 1.82) is 0 Å². The fourth-order valence-corrected chi connectivity index (χ4v) is 5.26. The van der Waals surface area contributed by atoms with E-state index in [4.69, 9.17) is 4.74 Å². The van der Waals surface area contributed by atoms with Gasteiger partial charge in [0, 0.05) is 36.7 Å². The minimum Gasteiger partial charge on any atom is -0.471 e. The van der Waals surface area contributed by atoms with Gasteiger partial charge in [-0.05, 0) is 57.9 Å². The second-order valence-corrected chi connectivity index (χ2v) is 9.82. The van der Waals surface area contributed by atoms with Crippen LogP contribution in [0.3, 0.4) is 0 Å². The molecule has 1 aromatic rings. The van der Waals surface area contributed by atoms with Crippen molar-refractivity contribution in [1.82, 2.24) is 9.88 Å². The van der Waals surface area contributed by atoms with E-state index in [1.807, 2.05) is 11.8 Å². The van der Waals surface area contributed by atoms with Crippen LogP contribution in [0.15, 0.2) is 18.3 Å². The molecule has 1 spiro atoms. The number of ether oxygens (including phenoxy) is 1. The van der Waals surface area contributed by atoms with E-state index in [0.29, 0.717) is 12.8 Å². The lowest BCUT2D eigenvalue weighted by Gasteiger charge is -2.57. The number of likely N-dealkylation sites (tertiary alicyclic amines) is 1. The molecule has 3 aliphatic rings. The Morgan fingerprint density at radius 1 is 1.23 bits per heavy atom. The molecule has 0 radical (unpaired) electrons. The van der Waals surface area contributed by atoms with Gasteiger partial charge in [-0.3, -0.25) is 4.79 Å². The number of hydrogen-bond acceptors (Lipinski definition) is 4. The van der Waals surface area contributed by atoms with Crippen molar-refractivity contribution in [2.24, 2.45) is 11.3 Å². The van der Waals surface area contributed by atoms with Crippen LogP contribution >= 0.6 is 0 Å². The summed E-state index contributed by atoms with van der Waals surface area (Å²) in [5.74, 6) is 0.331. The average molecular weight is 426 g/mol. The van der Waals surface area contributed by atoms with Crippen LogP contribution in [0.5, 0.6) is 5.88 Å². The minimum atomic E-state index is -4.41. The molecule has 8 heteroatoms. The van der Waals surface area contributed by atoms with E-state index in [0.717, 1.165) is 57.5 Å². The summed E-state index contributed by atoms with van der Waals surface area (Å²) in [4.78, 5) is 18.3. The van der Waals surface area contributed by atoms with Gasteiger partial charge in [-0.1, -0.05) is 6.92 Å². The molecule has 1 aliphatic heterocycles. The molecule has 0 unspecified atom stereocenters. The topological polar surface area (TPSA) is 62.7 Å². The molecule has 30 heavy (non-hydrogen) atoms. The van der Waals surface area contributed by atoms with E-state index in [-0.39, 0.29) is 23.1 Å². The normalized spacial score (nSPS) is 29.8. The van der Waals surface area contributed by atoms with Crippen LogP contribution in [0.25, 0.3) is 0 Å². The Hall–Kier alpha value is -1.83. The summed E-state index contributed by atoms with van der Waals surface area (Å²) in [5, 5.41) is 9.86. The second-order valence-electron chi connectivity index (χ2n) is 9.82. The summed E-state index contributed by atoms with van der Waals surface area (Å²) in [6, 6.07) is 2.30. The first-order valence-electron chi connectivity index (χ1n) is 10.7. The predicted molar refractivity (Wildman–Crippen MR) is 104 cm³/mol. The molecule has 166 valence electrons. The number of halogens is 3. The Bertz CT molecular complexity index is 783. The van der Waals surface area contributed by atoms with Crippen molar-refractivity contribution in [3.8, 4) is 5.88 Å². The Morgan fingerprint density at radius 2 is 1.87 bits per heavy atom. The van der Waals surface area contributed by atoms with E-state index in [1.165, 1.54) is 6.07 Å². The first-order chi connectivity index (χ1) is 13.9. The predicted octanol–water partition coefficient (Wildman–Crippen LogP) is 4.19. The lowest BCUT2D eigenvalue weighted by atomic mass is 9.63. The lowest BCUT2D eigenvalue weighted by molar-refractivity contribution is -0.166. The van der Waals surface area contributed by atoms with Crippen molar-refractivity contribution in [2.45, 2.75) is 76.2 Å². The third kappa shape index (κ3) is 4.03. The van der Waals surface area contributed by atoms with Crippen LogP contribution in [0.2, 0.25) is 0 Å². The van der Waals surface area contributed by atoms with Gasteiger partial charge in [-0.15, -0.1) is 0 Å². The summed E-state index contributed by atoms with van der Waals surface area (Å²) < 4.78 is 44.3. The van der Waals surface area contributed by atoms with Gasteiger partial charge in [0.1, 0.15) is 5.60 Å². The van der Waals surface area contributed by atoms with Crippen molar-refractivity contribution in [3.05, 3.63) is 23.9 Å². The van der Waals surface area contributed by atoms with Crippen molar-refractivity contribution < 1.29 is 27.8 Å². The number of pyridine rings is 1. The number of carbonyl (C=O) groups is 1. The number of aromatic nitrogens is 1. The summed E-state index contributed by atoms with van der Waals surface area (Å²) in [6.07, 6.45) is 1.69. The molecule has 1 N–H and O–H groups in total. The number of alkyl halides is 3. The molecule has 2 aliphatic carbocycles. The first-order valence-corrected chi connectivity index (χ1v) is 10.7. The van der Waals surface area contributed by atoms with Gasteiger partial charge in [-0.25, -0.2) is 4.98 Å². The van der Waals surface area contributed by atoms with E-state index in [1.54, 1.807) is 6.92 Å². The van der Waals surface area contributed by atoms with Gasteiger partial charge < -0.3 is 14.7 Å². The quantitative estimate of drug-likeness (QED) is 0.784. The second kappa shape index (κ2) is 7.11. The molecule has 2 heterocycles. The maximum atomic E-state index is 12.7. The van der Waals surface area contributed by atoms with Gasteiger partial charge in [0.2, 0.25) is 11.8 Å². The summed E-state index contributed by atoms with van der Waals surface area (Å²) >= 11 is 0. The third-order valence-corrected chi connectivity index (χ3v) is 7.34. The van der Waals surface area contributed by atoms with Gasteiger partial charge >= 0.3 is 6.18 Å². The molecule has 0 atom stereocenters. The van der Waals surface area contributed by atoms with Crippen LogP contribution in [0.1, 0.15) is 64.4 Å². The largest absolute Gasteiger partial charge is 0.471 e. The summed E-state index contributed by atoms with van der Waals surface area (Å²) in [7, 11) is 0. The number of hydrogen-bond donors (Lipinski definition) is 1. The van der Waals surface area contributed by atoms with Gasteiger partial charge in [-0.2, -0.15) is 13.2 Å². The molecule has 1 aromatic heterocycles. The van der Waals surface area contributed by atoms with E-state index >= 15 is 0 Å². The van der Waals surface area contributed by atoms with Gasteiger partial charge in [0.25, 0.3) is 0 Å². The Kier molecular flexibility index (Phi) is 5.07. The minimum absolute atomic E-state index is 0.0512. The maximum absolute atomic E-state index is 12.7. The third-order valence-electron chi connectivity index (χ3n) is 7.34. The molecule has 1 amide bonds. The Balaban J connectivity index is 1.31. The highest BCUT2D eigenvalue weighted by Gasteiger charge is 2.53. The van der Waals surface area contributed by atoms with Crippen LogP contribution in [0.4, 0.5) is 13.2 Å². The van der Waals surface area contributed by atoms with Gasteiger partial charge in [0.15, 0.2) is 0 Å². The Morgan fingerprint density at radius 3 is 2.33 bits per heavy atom. The van der Waals surface area contributed by atoms with Crippen molar-refractivity contribution in [2.75, 3.05) is 13.1 Å². The highest BCUT2D eigenvalue weighted by Crippen LogP contribution is 2.50. The van der Waals surface area contributed by atoms with E-state index in [2.05, 4.69) is 4.98 Å². The van der Waals surface area contributed by atoms with E-state index in [9.17, 15) is 23.1 Å². The average Bonchev–Trinajstić information content (AvgIpc) is 2.64. The molecular formula is C22H29F3N2O3. The number of rotatable bonds is 4. The van der Waals surface area contributed by atoms with Crippen molar-refractivity contribution in [3.63, 3.8) is 0 Å². The molecule has 5 nitrogen and oxygen atoms in total. The SMILES string of the molecule is CCC1(Oc2ccc(C(F)(F)F)cn2)CCC2(CC1)CN(C(=O)[C@H]1C[C@@](C)(O)C1)C2. The fourth-order valence-electron chi connectivity index (χ4n) is 5.26.